The summed E-state index contributed by atoms with van der Waals surface area (Å²) in [5.41, 5.74) is 0.767. The lowest BCUT2D eigenvalue weighted by molar-refractivity contribution is 0.201. The number of nitrogens with zero attached hydrogens (tertiary/aromatic N) is 4. The smallest absolute Gasteiger partial charge is 0.350 e. The lowest BCUT2D eigenvalue weighted by Crippen LogP contribution is -2.56. The molecule has 2 aromatic carbocycles. The van der Waals surface area contributed by atoms with Crippen LogP contribution in [0.4, 0.5) is 14.6 Å². The number of aromatic nitrogens is 2. The summed E-state index contributed by atoms with van der Waals surface area (Å²) >= 11 is 8.19. The first-order valence-corrected chi connectivity index (χ1v) is 15.0. The number of anilines is 1. The maximum atomic E-state index is 14.8. The highest BCUT2D eigenvalue weighted by Crippen LogP contribution is 2.46. The summed E-state index contributed by atoms with van der Waals surface area (Å²) < 4.78 is 54.1. The van der Waals surface area contributed by atoms with Gasteiger partial charge in [-0.2, -0.15) is 4.98 Å². The standard InChI is InChI=1S/C24H25ClF2N4O3S2/c1-3-29-6-7-30(12-15(29)13-36(2,33)34)23-17-11-18(25)20(16-5-4-14(26)10-19(16)27)22-21(17)31(8-9-35-22)24(32)28-23/h4-5,10-11,15H,3,6-9,12-13H2,1-2H3/t15-/m0/s1. The number of benzene rings is 2. The average molecular weight is 555 g/mol. The third-order valence-corrected chi connectivity index (χ3v) is 9.08. The maximum Gasteiger partial charge on any atom is 0.350 e. The van der Waals surface area contributed by atoms with E-state index in [0.29, 0.717) is 65.7 Å². The van der Waals surface area contributed by atoms with Crippen LogP contribution in [-0.2, 0) is 16.4 Å². The largest absolute Gasteiger partial charge is 0.353 e. The Balaban J connectivity index is 1.69. The molecule has 12 heteroatoms. The van der Waals surface area contributed by atoms with Crippen LogP contribution in [0.15, 0.2) is 34.0 Å². The van der Waals surface area contributed by atoms with E-state index in [1.807, 2.05) is 11.8 Å². The SMILES string of the molecule is CCN1CCN(c2nc(=O)n3c4c(c(-c5ccc(F)cc5F)c(Cl)cc24)SCC3)C[C@H]1CS(C)(=O)=O. The molecular formula is C24H25ClF2N4O3S2. The first kappa shape index (κ1) is 25.4. The van der Waals surface area contributed by atoms with E-state index in [1.165, 1.54) is 30.2 Å². The topological polar surface area (TPSA) is 75.5 Å². The van der Waals surface area contributed by atoms with Gasteiger partial charge >= 0.3 is 5.69 Å². The molecule has 0 saturated carbocycles. The summed E-state index contributed by atoms with van der Waals surface area (Å²) in [5, 5.41) is 0.918. The fourth-order valence-corrected chi connectivity index (χ4v) is 7.72. The molecule has 1 saturated heterocycles. The highest BCUT2D eigenvalue weighted by Gasteiger charge is 2.32. The van der Waals surface area contributed by atoms with Gasteiger partial charge in [-0.05, 0) is 24.7 Å². The predicted molar refractivity (Wildman–Crippen MR) is 140 cm³/mol. The van der Waals surface area contributed by atoms with Crippen LogP contribution in [0.2, 0.25) is 5.02 Å². The van der Waals surface area contributed by atoms with Gasteiger partial charge in [0.05, 0.1) is 16.3 Å². The fraction of sp³-hybridized carbons (Fsp3) is 0.417. The third-order valence-electron chi connectivity index (χ3n) is 6.72. The Labute approximate surface area is 217 Å². The van der Waals surface area contributed by atoms with Crippen LogP contribution in [0.5, 0.6) is 0 Å². The molecule has 1 atom stereocenters. The molecule has 0 radical (unpaired) electrons. The van der Waals surface area contributed by atoms with Gasteiger partial charge in [-0.15, -0.1) is 11.8 Å². The Hall–Kier alpha value is -2.21. The van der Waals surface area contributed by atoms with E-state index in [1.54, 1.807) is 10.6 Å². The summed E-state index contributed by atoms with van der Waals surface area (Å²) in [6.45, 7) is 4.72. The molecule has 5 rings (SSSR count). The van der Waals surface area contributed by atoms with Crippen LogP contribution in [0.3, 0.4) is 0 Å². The molecule has 3 aromatic rings. The number of rotatable bonds is 5. The second-order valence-electron chi connectivity index (χ2n) is 9.12. The molecule has 1 aromatic heterocycles. The monoisotopic (exact) mass is 554 g/mol. The molecule has 0 unspecified atom stereocenters. The minimum atomic E-state index is -3.22. The Bertz CT molecular complexity index is 1530. The van der Waals surface area contributed by atoms with E-state index in [-0.39, 0.29) is 22.4 Å². The van der Waals surface area contributed by atoms with Crippen LogP contribution >= 0.6 is 23.4 Å². The van der Waals surface area contributed by atoms with E-state index in [9.17, 15) is 22.0 Å². The molecule has 0 aliphatic carbocycles. The number of likely N-dealkylation sites (N-methyl/N-ethyl adjacent to an activating group) is 1. The van der Waals surface area contributed by atoms with Crippen molar-refractivity contribution in [1.82, 2.24) is 14.5 Å². The quantitative estimate of drug-likeness (QED) is 0.476. The van der Waals surface area contributed by atoms with Crippen molar-refractivity contribution in [3.63, 3.8) is 0 Å². The normalized spacial score (nSPS) is 18.7. The van der Waals surface area contributed by atoms with Gasteiger partial charge in [0.1, 0.15) is 27.3 Å². The van der Waals surface area contributed by atoms with Crippen molar-refractivity contribution in [3.05, 3.63) is 51.4 Å². The number of piperazine rings is 1. The van der Waals surface area contributed by atoms with Gasteiger partial charge in [0.25, 0.3) is 0 Å². The van der Waals surface area contributed by atoms with Crippen molar-refractivity contribution in [2.75, 3.05) is 48.8 Å². The maximum absolute atomic E-state index is 14.8. The number of halogens is 3. The van der Waals surface area contributed by atoms with Crippen molar-refractivity contribution < 1.29 is 17.2 Å². The van der Waals surface area contributed by atoms with Crippen molar-refractivity contribution >= 4 is 49.9 Å². The molecule has 1 fully saturated rings. The van der Waals surface area contributed by atoms with Crippen LogP contribution in [-0.4, -0.2) is 72.9 Å². The highest BCUT2D eigenvalue weighted by molar-refractivity contribution is 7.99. The highest BCUT2D eigenvalue weighted by atomic mass is 35.5. The molecule has 2 aliphatic heterocycles. The molecule has 36 heavy (non-hydrogen) atoms. The predicted octanol–water partition coefficient (Wildman–Crippen LogP) is 3.66. The van der Waals surface area contributed by atoms with Gasteiger partial charge in [-0.3, -0.25) is 9.47 Å². The van der Waals surface area contributed by atoms with E-state index in [0.717, 1.165) is 6.07 Å². The van der Waals surface area contributed by atoms with E-state index < -0.39 is 27.2 Å². The fourth-order valence-electron chi connectivity index (χ4n) is 5.14. The van der Waals surface area contributed by atoms with E-state index >= 15 is 0 Å². The minimum absolute atomic E-state index is 0.00217. The zero-order chi connectivity index (χ0) is 25.8. The number of hydrogen-bond donors (Lipinski definition) is 0. The van der Waals surface area contributed by atoms with Crippen molar-refractivity contribution in [3.8, 4) is 11.1 Å². The van der Waals surface area contributed by atoms with Gasteiger partial charge in [0.2, 0.25) is 0 Å². The summed E-state index contributed by atoms with van der Waals surface area (Å²) in [4.78, 5) is 22.3. The first-order chi connectivity index (χ1) is 17.1. The van der Waals surface area contributed by atoms with Gasteiger partial charge in [-0.1, -0.05) is 18.5 Å². The second-order valence-corrected chi connectivity index (χ2v) is 12.8. The molecule has 7 nitrogen and oxygen atoms in total. The lowest BCUT2D eigenvalue weighted by Gasteiger charge is -2.41. The van der Waals surface area contributed by atoms with Crippen molar-refractivity contribution in [2.24, 2.45) is 0 Å². The second kappa shape index (κ2) is 9.59. The van der Waals surface area contributed by atoms with Gasteiger partial charge < -0.3 is 4.90 Å². The van der Waals surface area contributed by atoms with Crippen LogP contribution < -0.4 is 10.6 Å². The van der Waals surface area contributed by atoms with E-state index in [2.05, 4.69) is 9.88 Å². The van der Waals surface area contributed by atoms with Crippen LogP contribution in [0.1, 0.15) is 6.92 Å². The Morgan fingerprint density at radius 3 is 2.67 bits per heavy atom. The molecule has 2 aliphatic rings. The van der Waals surface area contributed by atoms with Gasteiger partial charge in [0.15, 0.2) is 0 Å². The summed E-state index contributed by atoms with van der Waals surface area (Å²) in [7, 11) is -3.22. The van der Waals surface area contributed by atoms with Crippen molar-refractivity contribution in [2.45, 2.75) is 24.4 Å². The minimum Gasteiger partial charge on any atom is -0.353 e. The molecule has 192 valence electrons. The van der Waals surface area contributed by atoms with Gasteiger partial charge in [0, 0.05) is 71.7 Å². The Kier molecular flexibility index (Phi) is 6.78. The number of aryl methyl sites for hydroxylation is 1. The van der Waals surface area contributed by atoms with Crippen molar-refractivity contribution in [1.29, 1.82) is 0 Å². The summed E-state index contributed by atoms with van der Waals surface area (Å²) in [6.07, 6.45) is 1.22. The van der Waals surface area contributed by atoms with Crippen LogP contribution in [0, 0.1) is 11.6 Å². The number of sulfone groups is 1. The average Bonchev–Trinajstić information content (AvgIpc) is 2.81. The molecule has 3 heterocycles. The summed E-state index contributed by atoms with van der Waals surface area (Å²) in [6, 6.07) is 4.78. The molecule has 0 spiro atoms. The molecule has 0 N–H and O–H groups in total. The molecule has 0 bridgehead atoms. The van der Waals surface area contributed by atoms with Crippen LogP contribution in [0.25, 0.3) is 22.0 Å². The zero-order valence-corrected chi connectivity index (χ0v) is 22.2. The molecular weight excluding hydrogens is 530 g/mol. The Morgan fingerprint density at radius 2 is 1.97 bits per heavy atom. The first-order valence-electron chi connectivity index (χ1n) is 11.6. The zero-order valence-electron chi connectivity index (χ0n) is 19.8. The third kappa shape index (κ3) is 4.62. The Morgan fingerprint density at radius 1 is 1.19 bits per heavy atom. The lowest BCUT2D eigenvalue weighted by atomic mass is 10.0. The number of hydrogen-bond acceptors (Lipinski definition) is 7. The van der Waals surface area contributed by atoms with Gasteiger partial charge in [-0.25, -0.2) is 22.0 Å². The number of thioether (sulfide) groups is 1. The van der Waals surface area contributed by atoms with E-state index in [4.69, 9.17) is 11.6 Å². The molecule has 0 amide bonds. The summed E-state index contributed by atoms with van der Waals surface area (Å²) in [5.74, 6) is -0.404.